The van der Waals surface area contributed by atoms with Gasteiger partial charge in [-0.1, -0.05) is 6.07 Å². The van der Waals surface area contributed by atoms with Crippen molar-refractivity contribution in [2.75, 3.05) is 45.3 Å². The number of nitrogens with zero attached hydrogens (tertiary/aromatic N) is 2. The van der Waals surface area contributed by atoms with Gasteiger partial charge < -0.3 is 24.6 Å². The van der Waals surface area contributed by atoms with E-state index in [1.165, 1.54) is 11.6 Å². The maximum absolute atomic E-state index is 15.2. The van der Waals surface area contributed by atoms with Gasteiger partial charge in [-0.25, -0.2) is 9.37 Å². The van der Waals surface area contributed by atoms with Crippen molar-refractivity contribution in [1.29, 1.82) is 0 Å². The molecule has 1 aromatic heterocycles. The quantitative estimate of drug-likeness (QED) is 0.336. The molecule has 1 aliphatic carbocycles. The fourth-order valence-corrected chi connectivity index (χ4v) is 7.72. The van der Waals surface area contributed by atoms with Gasteiger partial charge in [-0.05, 0) is 119 Å². The van der Waals surface area contributed by atoms with E-state index in [-0.39, 0.29) is 29.5 Å². The van der Waals surface area contributed by atoms with Gasteiger partial charge in [0.15, 0.2) is 0 Å². The number of nitrogens with one attached hydrogen (secondary N) is 1. The van der Waals surface area contributed by atoms with Crippen molar-refractivity contribution in [2.24, 2.45) is 0 Å². The van der Waals surface area contributed by atoms with E-state index in [2.05, 4.69) is 17.4 Å². The minimum Gasteiger partial charge on any atom is -0.480 e. The normalized spacial score (nSPS) is 25.3. The number of carbonyl (C=O) groups is 1. The fraction of sp³-hybridized carbons (Fsp3) is 0.647. The number of aromatic nitrogens is 1. The van der Waals surface area contributed by atoms with Crippen LogP contribution in [-0.2, 0) is 37.3 Å². The lowest BCUT2D eigenvalue weighted by Crippen LogP contribution is -2.44. The van der Waals surface area contributed by atoms with Gasteiger partial charge in [-0.2, -0.15) is 0 Å². The molecule has 234 valence electrons. The van der Waals surface area contributed by atoms with Crippen LogP contribution in [0.2, 0.25) is 0 Å². The minimum atomic E-state index is -0.968. The molecule has 2 fully saturated rings. The van der Waals surface area contributed by atoms with E-state index in [0.717, 1.165) is 93.4 Å². The molecule has 1 aromatic carbocycles. The van der Waals surface area contributed by atoms with Crippen molar-refractivity contribution in [1.82, 2.24) is 9.88 Å². The summed E-state index contributed by atoms with van der Waals surface area (Å²) < 4.78 is 33.3. The van der Waals surface area contributed by atoms with Crippen molar-refractivity contribution in [3.8, 4) is 0 Å². The molecule has 8 nitrogen and oxygen atoms in total. The molecule has 4 heterocycles. The van der Waals surface area contributed by atoms with Crippen LogP contribution in [0, 0.1) is 5.82 Å². The molecule has 2 N–H and O–H groups in total. The first-order valence-electron chi connectivity index (χ1n) is 16.2. The second-order valence-corrected chi connectivity index (χ2v) is 13.0. The van der Waals surface area contributed by atoms with Crippen LogP contribution in [0.15, 0.2) is 24.3 Å². The average molecular weight is 596 g/mol. The smallest absolute Gasteiger partial charge is 0.325 e. The zero-order valence-electron chi connectivity index (χ0n) is 25.6. The topological polar surface area (TPSA) is 93.2 Å². The number of fused-ring (bicyclic) bond motifs is 3. The van der Waals surface area contributed by atoms with E-state index in [9.17, 15) is 9.90 Å². The molecule has 1 saturated heterocycles. The Morgan fingerprint density at radius 3 is 2.91 bits per heavy atom. The molecule has 2 aromatic rings. The second kappa shape index (κ2) is 13.2. The highest BCUT2D eigenvalue weighted by Crippen LogP contribution is 2.47. The van der Waals surface area contributed by atoms with E-state index in [1.54, 1.807) is 6.07 Å². The van der Waals surface area contributed by atoms with E-state index in [0.29, 0.717) is 32.0 Å². The van der Waals surface area contributed by atoms with Crippen molar-refractivity contribution in [3.63, 3.8) is 0 Å². The van der Waals surface area contributed by atoms with Crippen molar-refractivity contribution in [3.05, 3.63) is 58.0 Å². The van der Waals surface area contributed by atoms with Crippen LogP contribution in [0.5, 0.6) is 0 Å². The van der Waals surface area contributed by atoms with Crippen molar-refractivity contribution < 1.29 is 28.5 Å². The van der Waals surface area contributed by atoms with Gasteiger partial charge in [-0.15, -0.1) is 0 Å². The number of hydrogen-bond donors (Lipinski definition) is 2. The monoisotopic (exact) mass is 595 g/mol. The van der Waals surface area contributed by atoms with Crippen LogP contribution in [-0.4, -0.2) is 73.1 Å². The molecule has 0 amide bonds. The predicted molar refractivity (Wildman–Crippen MR) is 162 cm³/mol. The lowest BCUT2D eigenvalue weighted by molar-refractivity contribution is -0.144. The maximum atomic E-state index is 15.2. The first kappa shape index (κ1) is 30.4. The van der Waals surface area contributed by atoms with Crippen molar-refractivity contribution >= 4 is 11.8 Å². The molecule has 0 bridgehead atoms. The summed E-state index contributed by atoms with van der Waals surface area (Å²) in [6.07, 6.45) is 8.96. The van der Waals surface area contributed by atoms with E-state index in [4.69, 9.17) is 19.2 Å². The molecule has 9 heteroatoms. The summed E-state index contributed by atoms with van der Waals surface area (Å²) >= 11 is 0. The van der Waals surface area contributed by atoms with Gasteiger partial charge in [0.2, 0.25) is 0 Å². The molecule has 43 heavy (non-hydrogen) atoms. The number of anilines is 1. The highest BCUT2D eigenvalue weighted by molar-refractivity contribution is 5.77. The first-order chi connectivity index (χ1) is 20.8. The maximum Gasteiger partial charge on any atom is 0.325 e. The van der Waals surface area contributed by atoms with E-state index >= 15 is 4.39 Å². The number of benzene rings is 1. The van der Waals surface area contributed by atoms with Gasteiger partial charge in [0.05, 0.1) is 18.8 Å². The number of ether oxygens (including phenoxy) is 3. The van der Waals surface area contributed by atoms with Gasteiger partial charge in [0, 0.05) is 43.5 Å². The number of carboxylic acids is 1. The third-order valence-corrected chi connectivity index (χ3v) is 10.2. The Morgan fingerprint density at radius 1 is 1.26 bits per heavy atom. The molecule has 1 saturated carbocycles. The van der Waals surface area contributed by atoms with Crippen LogP contribution in [0.25, 0.3) is 0 Å². The zero-order chi connectivity index (χ0) is 30.0. The number of unbranched alkanes of at least 4 members (excludes halogenated alkanes) is 1. The van der Waals surface area contributed by atoms with Gasteiger partial charge >= 0.3 is 5.97 Å². The summed E-state index contributed by atoms with van der Waals surface area (Å²) in [7, 11) is 1.86. The summed E-state index contributed by atoms with van der Waals surface area (Å²) in [5, 5.41) is 13.9. The molecular weight excluding hydrogens is 549 g/mol. The number of hydrogen-bond acceptors (Lipinski definition) is 7. The van der Waals surface area contributed by atoms with Gasteiger partial charge in [-0.3, -0.25) is 9.69 Å². The average Bonchev–Trinajstić information content (AvgIpc) is 3.48. The Bertz CT molecular complexity index is 1300. The van der Waals surface area contributed by atoms with E-state index in [1.807, 2.05) is 18.9 Å². The first-order valence-corrected chi connectivity index (χ1v) is 16.2. The summed E-state index contributed by atoms with van der Waals surface area (Å²) in [6.45, 7) is 5.32. The number of aryl methyl sites for hydroxylation is 2. The van der Waals surface area contributed by atoms with E-state index < -0.39 is 12.0 Å². The molecule has 4 aliphatic rings. The molecule has 0 radical (unpaired) electrons. The molecule has 6 rings (SSSR count). The minimum absolute atomic E-state index is 0.0362. The number of halogens is 1. The predicted octanol–water partition coefficient (Wildman–Crippen LogP) is 5.74. The molecule has 1 spiro atoms. The number of carboxylic acid groups (broad SMARTS) is 1. The number of aliphatic carboxylic acids is 1. The standard InChI is InChI=1S/C34H46FN3O5/c1-22-30-28(18-24(35)19-29(30)34(21-43-22)12-16-41-17-13-34)31(33(39)40)38(2)26-10-11-27(20-26)42-15-4-3-7-25-9-8-23-6-5-14-36-32(23)37-25/h8-9,18-19,22,26-27,31H,3-7,10-17,20-21H2,1-2H3,(H,36,37)(H,39,40)/t22-,26-,27-,31-/m0/s1. The van der Waals surface area contributed by atoms with Crippen LogP contribution in [0.4, 0.5) is 10.2 Å². The molecule has 0 unspecified atom stereocenters. The third kappa shape index (κ3) is 6.46. The number of rotatable bonds is 10. The Balaban J connectivity index is 1.07. The second-order valence-electron chi connectivity index (χ2n) is 13.0. The third-order valence-electron chi connectivity index (χ3n) is 10.2. The van der Waals surface area contributed by atoms with Gasteiger partial charge in [0.25, 0.3) is 0 Å². The van der Waals surface area contributed by atoms with Crippen LogP contribution in [0.1, 0.15) is 98.4 Å². The highest BCUT2D eigenvalue weighted by atomic mass is 19.1. The molecular formula is C34H46FN3O5. The summed E-state index contributed by atoms with van der Waals surface area (Å²) in [5.41, 5.74) is 4.35. The summed E-state index contributed by atoms with van der Waals surface area (Å²) in [6, 6.07) is 6.45. The SMILES string of the molecule is C[C@@H]1OCC2(CCOCC2)c2cc(F)cc([C@@H](C(=O)O)N(C)[C@H]3CC[C@H](OCCCCc4ccc5c(n4)NCCC5)C3)c21. The summed E-state index contributed by atoms with van der Waals surface area (Å²) in [4.78, 5) is 19.5. The van der Waals surface area contributed by atoms with Crippen LogP contribution >= 0.6 is 0 Å². The lowest BCUT2D eigenvalue weighted by atomic mass is 9.69. The van der Waals surface area contributed by atoms with Gasteiger partial charge in [0.1, 0.15) is 17.7 Å². The Labute approximate surface area is 254 Å². The molecule has 3 aliphatic heterocycles. The Kier molecular flexibility index (Phi) is 9.33. The number of likely N-dealkylation sites (N-methyl/N-ethyl adjacent to an activating group) is 1. The Morgan fingerprint density at radius 2 is 2.09 bits per heavy atom. The largest absolute Gasteiger partial charge is 0.480 e. The van der Waals surface area contributed by atoms with Crippen LogP contribution in [0.3, 0.4) is 0 Å². The van der Waals surface area contributed by atoms with Crippen molar-refractivity contribution in [2.45, 2.75) is 101 Å². The van der Waals surface area contributed by atoms with Crippen LogP contribution < -0.4 is 5.32 Å². The Hall–Kier alpha value is -2.59. The fourth-order valence-electron chi connectivity index (χ4n) is 7.72. The number of pyridine rings is 1. The lowest BCUT2D eigenvalue weighted by Gasteiger charge is -2.45. The summed E-state index contributed by atoms with van der Waals surface area (Å²) in [5.74, 6) is -0.308. The zero-order valence-corrected chi connectivity index (χ0v) is 25.6. The molecule has 4 atom stereocenters. The highest BCUT2D eigenvalue weighted by Gasteiger charge is 2.45.